The fourth-order valence-corrected chi connectivity index (χ4v) is 3.66. The van der Waals surface area contributed by atoms with Crippen molar-refractivity contribution < 1.29 is 23.9 Å². The van der Waals surface area contributed by atoms with E-state index >= 15 is 0 Å². The zero-order valence-electron chi connectivity index (χ0n) is 12.3. The van der Waals surface area contributed by atoms with Crippen molar-refractivity contribution in [3.8, 4) is 0 Å². The second-order valence-electron chi connectivity index (χ2n) is 5.13. The molecule has 0 bridgehead atoms. The number of imide groups is 1. The number of hydrogen-bond donors (Lipinski definition) is 1. The van der Waals surface area contributed by atoms with Crippen LogP contribution in [0, 0.1) is 5.82 Å². The molecule has 0 spiro atoms. The molecule has 2 aromatic rings. The minimum absolute atomic E-state index is 0.0621. The summed E-state index contributed by atoms with van der Waals surface area (Å²) in [7, 11) is 0. The summed E-state index contributed by atoms with van der Waals surface area (Å²) in [5.41, 5.74) is -0.0192. The molecule has 0 saturated carbocycles. The van der Waals surface area contributed by atoms with E-state index in [1.54, 1.807) is 24.3 Å². The van der Waals surface area contributed by atoms with E-state index in [4.69, 9.17) is 0 Å². The van der Waals surface area contributed by atoms with Crippen molar-refractivity contribution in [3.63, 3.8) is 0 Å². The van der Waals surface area contributed by atoms with Crippen LogP contribution in [0.25, 0.3) is 0 Å². The molecule has 1 fully saturated rings. The molecule has 3 rings (SSSR count). The summed E-state index contributed by atoms with van der Waals surface area (Å²) >= 11 is 1.01. The Balaban J connectivity index is 1.88. The molecule has 1 saturated heterocycles. The zero-order chi connectivity index (χ0) is 17.3. The summed E-state index contributed by atoms with van der Waals surface area (Å²) in [6.07, 6.45) is -0.105. The third-order valence-corrected chi connectivity index (χ3v) is 4.85. The van der Waals surface area contributed by atoms with E-state index in [9.17, 15) is 23.9 Å². The molecule has 0 radical (unpaired) electrons. The Bertz CT molecular complexity index is 839. The first-order valence-corrected chi connectivity index (χ1v) is 7.97. The van der Waals surface area contributed by atoms with Gasteiger partial charge in [-0.15, -0.1) is 11.8 Å². The number of anilines is 1. The molecule has 2 amide bonds. The Morgan fingerprint density at radius 3 is 2.50 bits per heavy atom. The maximum absolute atomic E-state index is 13.9. The lowest BCUT2D eigenvalue weighted by atomic mass is 10.2. The first-order valence-electron chi connectivity index (χ1n) is 7.09. The van der Waals surface area contributed by atoms with Crippen molar-refractivity contribution >= 4 is 35.2 Å². The van der Waals surface area contributed by atoms with Gasteiger partial charge in [-0.3, -0.25) is 9.59 Å². The van der Waals surface area contributed by atoms with Gasteiger partial charge in [0.25, 0.3) is 0 Å². The highest BCUT2D eigenvalue weighted by Gasteiger charge is 2.41. The van der Waals surface area contributed by atoms with Gasteiger partial charge < -0.3 is 5.11 Å². The van der Waals surface area contributed by atoms with E-state index in [1.165, 1.54) is 24.3 Å². The largest absolute Gasteiger partial charge is 0.478 e. The smallest absolute Gasteiger partial charge is 0.336 e. The van der Waals surface area contributed by atoms with E-state index < -0.39 is 28.9 Å². The van der Waals surface area contributed by atoms with Crippen LogP contribution in [0.5, 0.6) is 0 Å². The Labute approximate surface area is 141 Å². The van der Waals surface area contributed by atoms with Gasteiger partial charge in [-0.05, 0) is 24.3 Å². The zero-order valence-corrected chi connectivity index (χ0v) is 13.1. The number of thioether (sulfide) groups is 1. The highest BCUT2D eigenvalue weighted by Crippen LogP contribution is 2.36. The lowest BCUT2D eigenvalue weighted by Crippen LogP contribution is -2.31. The van der Waals surface area contributed by atoms with Gasteiger partial charge >= 0.3 is 5.97 Å². The van der Waals surface area contributed by atoms with E-state index in [1.807, 2.05) is 0 Å². The van der Waals surface area contributed by atoms with Crippen LogP contribution in [0.15, 0.2) is 53.4 Å². The van der Waals surface area contributed by atoms with E-state index in [-0.39, 0.29) is 17.7 Å². The molecular formula is C17H12FNO4S. The van der Waals surface area contributed by atoms with Gasteiger partial charge in [-0.25, -0.2) is 14.1 Å². The number of amides is 2. The summed E-state index contributed by atoms with van der Waals surface area (Å²) in [6.45, 7) is 0. The first-order chi connectivity index (χ1) is 11.5. The van der Waals surface area contributed by atoms with Crippen LogP contribution in [0.4, 0.5) is 10.1 Å². The van der Waals surface area contributed by atoms with Gasteiger partial charge in [0, 0.05) is 11.3 Å². The monoisotopic (exact) mass is 345 g/mol. The Hall–Kier alpha value is -2.67. The molecule has 1 N–H and O–H groups in total. The Kier molecular flexibility index (Phi) is 4.35. The molecule has 0 aliphatic carbocycles. The number of aromatic carboxylic acids is 1. The molecule has 7 heteroatoms. The van der Waals surface area contributed by atoms with Crippen LogP contribution in [0.1, 0.15) is 16.8 Å². The predicted molar refractivity (Wildman–Crippen MR) is 86.6 cm³/mol. The van der Waals surface area contributed by atoms with Crippen LogP contribution in [-0.4, -0.2) is 28.1 Å². The molecule has 24 heavy (non-hydrogen) atoms. The van der Waals surface area contributed by atoms with E-state index in [2.05, 4.69) is 0 Å². The van der Waals surface area contributed by atoms with Crippen LogP contribution in [-0.2, 0) is 9.59 Å². The minimum Gasteiger partial charge on any atom is -0.478 e. The van der Waals surface area contributed by atoms with Gasteiger partial charge in [0.2, 0.25) is 11.8 Å². The molecule has 122 valence electrons. The second-order valence-corrected chi connectivity index (χ2v) is 6.38. The van der Waals surface area contributed by atoms with Crippen LogP contribution < -0.4 is 4.90 Å². The van der Waals surface area contributed by atoms with Gasteiger partial charge in [-0.1, -0.05) is 24.3 Å². The average Bonchev–Trinajstić information content (AvgIpc) is 2.82. The predicted octanol–water partition coefficient (Wildman–Crippen LogP) is 2.95. The van der Waals surface area contributed by atoms with Crippen LogP contribution in [0.2, 0.25) is 0 Å². The SMILES string of the molecule is O=C(O)c1ccccc1S[C@@H]1CC(=O)N(c2ccccc2F)C1=O. The standard InChI is InChI=1S/C17H12FNO4S/c18-11-6-2-3-7-12(11)19-15(20)9-14(16(19)21)24-13-8-4-1-5-10(13)17(22)23/h1-8,14H,9H2,(H,22,23)/t14-/m1/s1. The molecule has 0 unspecified atom stereocenters. The fraction of sp³-hybridized carbons (Fsp3) is 0.118. The molecule has 1 atom stereocenters. The van der Waals surface area contributed by atoms with E-state index in [0.29, 0.717) is 4.90 Å². The van der Waals surface area contributed by atoms with Gasteiger partial charge in [-0.2, -0.15) is 0 Å². The number of para-hydroxylation sites is 1. The van der Waals surface area contributed by atoms with Crippen molar-refractivity contribution in [2.75, 3.05) is 4.90 Å². The summed E-state index contributed by atoms with van der Waals surface area (Å²) in [5.74, 6) is -2.82. The fourth-order valence-electron chi connectivity index (χ4n) is 2.48. The molecular weight excluding hydrogens is 333 g/mol. The second kappa shape index (κ2) is 6.45. The maximum atomic E-state index is 13.9. The Morgan fingerprint density at radius 1 is 1.12 bits per heavy atom. The number of halogens is 1. The maximum Gasteiger partial charge on any atom is 0.336 e. The van der Waals surface area contributed by atoms with Crippen LogP contribution >= 0.6 is 11.8 Å². The first kappa shape index (κ1) is 16.2. The highest BCUT2D eigenvalue weighted by atomic mass is 32.2. The number of carboxylic acids is 1. The van der Waals surface area contributed by atoms with Crippen molar-refractivity contribution in [1.29, 1.82) is 0 Å². The summed E-state index contributed by atoms with van der Waals surface area (Å²) in [6, 6.07) is 11.8. The third kappa shape index (κ3) is 2.90. The van der Waals surface area contributed by atoms with E-state index in [0.717, 1.165) is 16.7 Å². The molecule has 0 aromatic heterocycles. The molecule has 2 aromatic carbocycles. The number of carbonyl (C=O) groups is 3. The average molecular weight is 345 g/mol. The van der Waals surface area contributed by atoms with Crippen molar-refractivity contribution in [1.82, 2.24) is 0 Å². The number of rotatable bonds is 4. The summed E-state index contributed by atoms with van der Waals surface area (Å²) in [4.78, 5) is 37.2. The lowest BCUT2D eigenvalue weighted by Gasteiger charge is -2.15. The van der Waals surface area contributed by atoms with Crippen molar-refractivity contribution in [2.24, 2.45) is 0 Å². The summed E-state index contributed by atoms with van der Waals surface area (Å²) < 4.78 is 13.9. The number of carbonyl (C=O) groups excluding carboxylic acids is 2. The van der Waals surface area contributed by atoms with Gasteiger partial charge in [0.15, 0.2) is 0 Å². The number of hydrogen-bond acceptors (Lipinski definition) is 4. The van der Waals surface area contributed by atoms with Gasteiger partial charge in [0.1, 0.15) is 5.82 Å². The van der Waals surface area contributed by atoms with Crippen LogP contribution in [0.3, 0.4) is 0 Å². The quantitative estimate of drug-likeness (QED) is 0.863. The molecule has 5 nitrogen and oxygen atoms in total. The van der Waals surface area contributed by atoms with Crippen molar-refractivity contribution in [3.05, 3.63) is 59.9 Å². The molecule has 1 aliphatic rings. The van der Waals surface area contributed by atoms with Crippen molar-refractivity contribution in [2.45, 2.75) is 16.6 Å². The topological polar surface area (TPSA) is 74.7 Å². The number of carboxylic acid groups (broad SMARTS) is 1. The Morgan fingerprint density at radius 2 is 1.79 bits per heavy atom. The third-order valence-electron chi connectivity index (χ3n) is 3.59. The summed E-state index contributed by atoms with van der Waals surface area (Å²) in [5, 5.41) is 8.42. The number of nitrogens with zero attached hydrogens (tertiary/aromatic N) is 1. The minimum atomic E-state index is -1.11. The highest BCUT2D eigenvalue weighted by molar-refractivity contribution is 8.00. The number of benzene rings is 2. The van der Waals surface area contributed by atoms with Gasteiger partial charge in [0.05, 0.1) is 16.5 Å². The molecule has 1 aliphatic heterocycles. The molecule has 1 heterocycles. The lowest BCUT2D eigenvalue weighted by molar-refractivity contribution is -0.121. The normalized spacial score (nSPS) is 17.4.